The van der Waals surface area contributed by atoms with Gasteiger partial charge in [-0.3, -0.25) is 14.4 Å². The molecule has 0 aliphatic heterocycles. The zero-order valence-electron chi connectivity index (χ0n) is 11.0. The van der Waals surface area contributed by atoms with Gasteiger partial charge in [-0.25, -0.2) is 0 Å². The molecule has 0 aromatic heterocycles. The summed E-state index contributed by atoms with van der Waals surface area (Å²) in [7, 11) is 0. The largest absolute Gasteiger partial charge is 0.444 e. The first-order chi connectivity index (χ1) is 9.04. The van der Waals surface area contributed by atoms with E-state index in [9.17, 15) is 14.4 Å². The van der Waals surface area contributed by atoms with Crippen molar-refractivity contribution < 1.29 is 19.1 Å². The molecule has 102 valence electrons. The molecule has 1 aromatic carbocycles. The number of anilines is 1. The lowest BCUT2D eigenvalue weighted by Gasteiger charge is -2.15. The maximum atomic E-state index is 12.0. The van der Waals surface area contributed by atoms with Crippen molar-refractivity contribution in [3.8, 4) is 0 Å². The predicted octanol–water partition coefficient (Wildman–Crippen LogP) is 1.93. The molecule has 1 aromatic rings. The Bertz CT molecular complexity index is 456. The second-order valence-corrected chi connectivity index (χ2v) is 4.06. The molecule has 1 unspecified atom stereocenters. The van der Waals surface area contributed by atoms with E-state index in [-0.39, 0.29) is 6.42 Å². The van der Waals surface area contributed by atoms with Crippen LogP contribution in [-0.4, -0.2) is 23.8 Å². The lowest BCUT2D eigenvalue weighted by molar-refractivity contribution is -0.157. The summed E-state index contributed by atoms with van der Waals surface area (Å²) in [5, 5.41) is 2.55. The number of rotatable bonds is 6. The van der Waals surface area contributed by atoms with Gasteiger partial charge in [0, 0.05) is 19.0 Å². The zero-order valence-corrected chi connectivity index (χ0v) is 11.0. The Labute approximate surface area is 111 Å². The van der Waals surface area contributed by atoms with Crippen LogP contribution in [0.1, 0.15) is 26.7 Å². The highest BCUT2D eigenvalue weighted by atomic mass is 16.5. The second-order valence-electron chi connectivity index (χ2n) is 4.06. The first-order valence-electron chi connectivity index (χ1n) is 6.10. The Morgan fingerprint density at radius 3 is 2.37 bits per heavy atom. The number of nitrogens with one attached hydrogen (secondary N) is 1. The van der Waals surface area contributed by atoms with Crippen LogP contribution in [0.15, 0.2) is 30.3 Å². The lowest BCUT2D eigenvalue weighted by atomic mass is 10.1. The van der Waals surface area contributed by atoms with E-state index in [0.29, 0.717) is 12.1 Å². The number of hydrogen-bond acceptors (Lipinski definition) is 4. The van der Waals surface area contributed by atoms with Gasteiger partial charge in [-0.2, -0.15) is 0 Å². The van der Waals surface area contributed by atoms with Crippen LogP contribution in [-0.2, 0) is 19.1 Å². The normalized spacial score (nSPS) is 11.5. The van der Waals surface area contributed by atoms with E-state index in [1.165, 1.54) is 6.92 Å². The fraction of sp³-hybridized carbons (Fsp3) is 0.357. The van der Waals surface area contributed by atoms with E-state index >= 15 is 0 Å². The van der Waals surface area contributed by atoms with Gasteiger partial charge in [0.2, 0.25) is 6.10 Å². The van der Waals surface area contributed by atoms with Crippen LogP contribution >= 0.6 is 0 Å². The van der Waals surface area contributed by atoms with Gasteiger partial charge in [0.15, 0.2) is 5.78 Å². The summed E-state index contributed by atoms with van der Waals surface area (Å²) < 4.78 is 4.80. The van der Waals surface area contributed by atoms with Crippen LogP contribution in [0.5, 0.6) is 0 Å². The highest BCUT2D eigenvalue weighted by Gasteiger charge is 2.28. The third kappa shape index (κ3) is 4.91. The van der Waals surface area contributed by atoms with Crippen molar-refractivity contribution >= 4 is 23.3 Å². The molecular formula is C14H17NO4. The average Bonchev–Trinajstić information content (AvgIpc) is 2.37. The monoisotopic (exact) mass is 263 g/mol. The number of benzene rings is 1. The van der Waals surface area contributed by atoms with Crippen molar-refractivity contribution in [1.29, 1.82) is 0 Å². The van der Waals surface area contributed by atoms with E-state index in [1.54, 1.807) is 30.3 Å². The average molecular weight is 263 g/mol. The topological polar surface area (TPSA) is 72.5 Å². The molecule has 5 nitrogen and oxygen atoms in total. The van der Waals surface area contributed by atoms with E-state index in [4.69, 9.17) is 4.74 Å². The molecular weight excluding hydrogens is 246 g/mol. The summed E-state index contributed by atoms with van der Waals surface area (Å²) >= 11 is 0. The second kappa shape index (κ2) is 7.31. The zero-order chi connectivity index (χ0) is 14.3. The van der Waals surface area contributed by atoms with E-state index in [2.05, 4.69) is 5.32 Å². The molecule has 1 rings (SSSR count). The molecule has 0 saturated heterocycles. The molecule has 19 heavy (non-hydrogen) atoms. The molecule has 0 spiro atoms. The standard InChI is InChI=1S/C14H17NO4/c1-3-7-12(17)13(19-10(2)16)14(18)15-11-8-5-4-6-9-11/h4-6,8-9,13H,3,7H2,1-2H3,(H,15,18). The van der Waals surface area contributed by atoms with Crippen molar-refractivity contribution in [3.63, 3.8) is 0 Å². The number of carbonyl (C=O) groups excluding carboxylic acids is 3. The number of Topliss-reactive ketones (excluding diaryl/α,β-unsaturated/α-hetero) is 1. The Hall–Kier alpha value is -2.17. The Morgan fingerprint density at radius 1 is 1.21 bits per heavy atom. The van der Waals surface area contributed by atoms with Gasteiger partial charge in [-0.15, -0.1) is 0 Å². The lowest BCUT2D eigenvalue weighted by Crippen LogP contribution is -2.38. The predicted molar refractivity (Wildman–Crippen MR) is 70.5 cm³/mol. The molecule has 1 atom stereocenters. The van der Waals surface area contributed by atoms with Gasteiger partial charge in [0.1, 0.15) is 0 Å². The number of carbonyl (C=O) groups is 3. The summed E-state index contributed by atoms with van der Waals surface area (Å²) in [6.45, 7) is 2.99. The minimum absolute atomic E-state index is 0.195. The summed E-state index contributed by atoms with van der Waals surface area (Å²) in [5.41, 5.74) is 0.550. The van der Waals surface area contributed by atoms with Crippen LogP contribution in [0, 0.1) is 0 Å². The van der Waals surface area contributed by atoms with Crippen molar-refractivity contribution in [2.75, 3.05) is 5.32 Å². The highest BCUT2D eigenvalue weighted by molar-refractivity contribution is 6.10. The maximum Gasteiger partial charge on any atom is 0.303 e. The van der Waals surface area contributed by atoms with Crippen LogP contribution in [0.4, 0.5) is 5.69 Å². The van der Waals surface area contributed by atoms with Gasteiger partial charge in [0.05, 0.1) is 0 Å². The fourth-order valence-corrected chi connectivity index (χ4v) is 1.54. The van der Waals surface area contributed by atoms with Crippen LogP contribution < -0.4 is 5.32 Å². The minimum Gasteiger partial charge on any atom is -0.444 e. The molecule has 0 saturated carbocycles. The molecule has 0 bridgehead atoms. The van der Waals surface area contributed by atoms with E-state index < -0.39 is 23.8 Å². The molecule has 0 aliphatic carbocycles. The van der Waals surface area contributed by atoms with Gasteiger partial charge in [0.25, 0.3) is 5.91 Å². The maximum absolute atomic E-state index is 12.0. The number of ketones is 1. The summed E-state index contributed by atoms with van der Waals surface area (Å²) in [5.74, 6) is -1.68. The van der Waals surface area contributed by atoms with Gasteiger partial charge in [-0.05, 0) is 18.6 Å². The summed E-state index contributed by atoms with van der Waals surface area (Å²) in [6, 6.07) is 8.69. The molecule has 1 amide bonds. The smallest absolute Gasteiger partial charge is 0.303 e. The number of para-hydroxylation sites is 1. The quantitative estimate of drug-likeness (QED) is 0.628. The number of esters is 1. The molecule has 5 heteroatoms. The minimum atomic E-state index is -1.38. The molecule has 0 radical (unpaired) electrons. The fourth-order valence-electron chi connectivity index (χ4n) is 1.54. The summed E-state index contributed by atoms with van der Waals surface area (Å²) in [6.07, 6.45) is -0.590. The van der Waals surface area contributed by atoms with Crippen molar-refractivity contribution in [3.05, 3.63) is 30.3 Å². The number of amides is 1. The first kappa shape index (κ1) is 14.9. The van der Waals surface area contributed by atoms with Crippen LogP contribution in [0.3, 0.4) is 0 Å². The third-order valence-electron chi connectivity index (χ3n) is 2.35. The van der Waals surface area contributed by atoms with Crippen LogP contribution in [0.2, 0.25) is 0 Å². The Kier molecular flexibility index (Phi) is 5.73. The van der Waals surface area contributed by atoms with Crippen LogP contribution in [0.25, 0.3) is 0 Å². The number of ether oxygens (including phenoxy) is 1. The van der Waals surface area contributed by atoms with Gasteiger partial charge < -0.3 is 10.1 Å². The molecule has 1 N–H and O–H groups in total. The molecule has 0 aliphatic rings. The summed E-state index contributed by atoms with van der Waals surface area (Å²) in [4.78, 5) is 34.7. The Balaban J connectivity index is 2.76. The molecule has 0 heterocycles. The van der Waals surface area contributed by atoms with Crippen molar-refractivity contribution in [2.45, 2.75) is 32.8 Å². The SMILES string of the molecule is CCCC(=O)C(OC(C)=O)C(=O)Nc1ccccc1. The first-order valence-corrected chi connectivity index (χ1v) is 6.10. The van der Waals surface area contributed by atoms with Gasteiger partial charge >= 0.3 is 5.97 Å². The van der Waals surface area contributed by atoms with Crippen molar-refractivity contribution in [2.24, 2.45) is 0 Å². The van der Waals surface area contributed by atoms with Gasteiger partial charge in [-0.1, -0.05) is 25.1 Å². The van der Waals surface area contributed by atoms with E-state index in [1.807, 2.05) is 6.92 Å². The third-order valence-corrected chi connectivity index (χ3v) is 2.35. The van der Waals surface area contributed by atoms with E-state index in [0.717, 1.165) is 0 Å². The molecule has 0 fully saturated rings. The Morgan fingerprint density at radius 2 is 1.84 bits per heavy atom. The number of hydrogen-bond donors (Lipinski definition) is 1. The highest BCUT2D eigenvalue weighted by Crippen LogP contribution is 2.09. The van der Waals surface area contributed by atoms with Crippen molar-refractivity contribution in [1.82, 2.24) is 0 Å².